The predicted molar refractivity (Wildman–Crippen MR) is 75.9 cm³/mol. The lowest BCUT2D eigenvalue weighted by molar-refractivity contribution is -0.139. The Kier molecular flexibility index (Phi) is 6.00. The zero-order valence-electron chi connectivity index (χ0n) is 11.7. The number of carbonyl (C=O) groups is 2. The molecule has 0 unspecified atom stereocenters. The van der Waals surface area contributed by atoms with Crippen LogP contribution in [0.15, 0.2) is 16.3 Å². The maximum Gasteiger partial charge on any atom is 0.341 e. The summed E-state index contributed by atoms with van der Waals surface area (Å²) in [6, 6.07) is -0.323. The van der Waals surface area contributed by atoms with Gasteiger partial charge in [-0.3, -0.25) is 4.79 Å². The number of nitrogens with one attached hydrogen (secondary N) is 1. The smallest absolute Gasteiger partial charge is 0.341 e. The van der Waals surface area contributed by atoms with E-state index < -0.39 is 43.3 Å². The van der Waals surface area contributed by atoms with Crippen LogP contribution in [0.5, 0.6) is 0 Å². The van der Waals surface area contributed by atoms with Crippen molar-refractivity contribution < 1.29 is 31.9 Å². The number of thiophene rings is 1. The third-order valence-electron chi connectivity index (χ3n) is 2.69. The minimum Gasteiger partial charge on any atom is -0.480 e. The van der Waals surface area contributed by atoms with Gasteiger partial charge < -0.3 is 10.4 Å². The number of halogens is 2. The molecule has 0 saturated heterocycles. The summed E-state index contributed by atoms with van der Waals surface area (Å²) in [6.07, 6.45) is 0.128. The molecule has 0 saturated carbocycles. The summed E-state index contributed by atoms with van der Waals surface area (Å²) in [7, 11) is -4.92. The minimum absolute atomic E-state index is 0.0333. The Morgan fingerprint density at radius 1 is 1.36 bits per heavy atom. The highest BCUT2D eigenvalue weighted by atomic mass is 32.2. The van der Waals surface area contributed by atoms with E-state index in [4.69, 9.17) is 5.11 Å². The van der Waals surface area contributed by atoms with Crippen molar-refractivity contribution in [1.29, 1.82) is 0 Å². The molecule has 1 heterocycles. The van der Waals surface area contributed by atoms with Gasteiger partial charge in [0.2, 0.25) is 9.84 Å². The summed E-state index contributed by atoms with van der Waals surface area (Å²) < 4.78 is 48.1. The fourth-order valence-electron chi connectivity index (χ4n) is 1.70. The van der Waals surface area contributed by atoms with E-state index >= 15 is 0 Å². The van der Waals surface area contributed by atoms with Crippen molar-refractivity contribution in [2.24, 2.45) is 5.92 Å². The fourth-order valence-corrected chi connectivity index (χ4v) is 3.77. The van der Waals surface area contributed by atoms with Crippen molar-refractivity contribution in [3.05, 3.63) is 16.3 Å². The molecule has 0 aliphatic rings. The average molecular weight is 355 g/mol. The van der Waals surface area contributed by atoms with Crippen LogP contribution < -0.4 is 5.32 Å². The monoisotopic (exact) mass is 355 g/mol. The summed E-state index contributed by atoms with van der Waals surface area (Å²) in [6.45, 7) is 3.50. The second-order valence-corrected chi connectivity index (χ2v) is 7.72. The molecule has 6 nitrogen and oxygen atoms in total. The van der Waals surface area contributed by atoms with Gasteiger partial charge >= 0.3 is 11.7 Å². The molecular weight excluding hydrogens is 340 g/mol. The van der Waals surface area contributed by atoms with Crippen LogP contribution >= 0.6 is 11.3 Å². The van der Waals surface area contributed by atoms with Gasteiger partial charge in [-0.2, -0.15) is 8.78 Å². The van der Waals surface area contributed by atoms with Gasteiger partial charge in [-0.15, -0.1) is 11.3 Å². The normalized spacial score (nSPS) is 13.4. The van der Waals surface area contributed by atoms with Gasteiger partial charge in [0.15, 0.2) is 0 Å². The molecule has 22 heavy (non-hydrogen) atoms. The molecule has 0 aliphatic carbocycles. The number of hydrogen-bond donors (Lipinski definition) is 2. The van der Waals surface area contributed by atoms with Crippen molar-refractivity contribution >= 4 is 33.1 Å². The zero-order valence-corrected chi connectivity index (χ0v) is 13.4. The van der Waals surface area contributed by atoms with E-state index in [1.165, 1.54) is 5.38 Å². The minimum atomic E-state index is -4.92. The van der Waals surface area contributed by atoms with E-state index in [0.29, 0.717) is 11.3 Å². The largest absolute Gasteiger partial charge is 0.480 e. The molecule has 0 aromatic carbocycles. The first-order valence-electron chi connectivity index (χ1n) is 6.20. The van der Waals surface area contributed by atoms with E-state index in [1.807, 2.05) is 0 Å². The average Bonchev–Trinajstić information content (AvgIpc) is 2.86. The summed E-state index contributed by atoms with van der Waals surface area (Å²) in [5.74, 6) is -5.97. The van der Waals surface area contributed by atoms with E-state index in [1.54, 1.807) is 13.8 Å². The zero-order chi connectivity index (χ0) is 17.1. The quantitative estimate of drug-likeness (QED) is 0.779. The molecule has 2 N–H and O–H groups in total. The summed E-state index contributed by atoms with van der Waals surface area (Å²) in [5.41, 5.74) is 0. The lowest BCUT2D eigenvalue weighted by atomic mass is 10.0. The van der Waals surface area contributed by atoms with Crippen LogP contribution in [0.4, 0.5) is 8.78 Å². The second kappa shape index (κ2) is 7.14. The SMILES string of the molecule is CC(C)C[C@@H](NC(=O)c1sccc1S(=O)(=O)C(F)F)C(=O)O. The Balaban J connectivity index is 3.05. The van der Waals surface area contributed by atoms with Crippen molar-refractivity contribution in [1.82, 2.24) is 5.32 Å². The van der Waals surface area contributed by atoms with Gasteiger partial charge in [0.1, 0.15) is 10.9 Å². The third-order valence-corrected chi connectivity index (χ3v) is 5.15. The van der Waals surface area contributed by atoms with Crippen molar-refractivity contribution in [3.8, 4) is 0 Å². The Hall–Kier alpha value is -1.55. The molecule has 124 valence electrons. The van der Waals surface area contributed by atoms with Crippen LogP contribution in [0.3, 0.4) is 0 Å². The van der Waals surface area contributed by atoms with Gasteiger partial charge in [-0.1, -0.05) is 13.8 Å². The van der Waals surface area contributed by atoms with E-state index in [9.17, 15) is 26.8 Å². The van der Waals surface area contributed by atoms with Crippen LogP contribution in [0.25, 0.3) is 0 Å². The highest BCUT2D eigenvalue weighted by Gasteiger charge is 2.33. The molecular formula is C12H15F2NO5S2. The number of alkyl halides is 2. The maximum atomic E-state index is 12.6. The highest BCUT2D eigenvalue weighted by Crippen LogP contribution is 2.26. The number of aliphatic carboxylic acids is 1. The number of hydrogen-bond acceptors (Lipinski definition) is 5. The number of carboxylic acid groups (broad SMARTS) is 1. The van der Waals surface area contributed by atoms with Crippen molar-refractivity contribution in [2.45, 2.75) is 37.0 Å². The topological polar surface area (TPSA) is 101 Å². The van der Waals surface area contributed by atoms with Gasteiger partial charge in [0.05, 0.1) is 4.90 Å². The molecule has 0 aliphatic heterocycles. The fraction of sp³-hybridized carbons (Fsp3) is 0.500. The van der Waals surface area contributed by atoms with Gasteiger partial charge in [-0.05, 0) is 23.8 Å². The van der Waals surface area contributed by atoms with E-state index in [2.05, 4.69) is 5.32 Å². The standard InChI is InChI=1S/C12H15F2NO5S2/c1-6(2)5-7(11(17)18)15-10(16)9-8(3-4-21-9)22(19,20)12(13)14/h3-4,6-7,12H,5H2,1-2H3,(H,15,16)(H,17,18)/t7-/m1/s1. The first-order valence-corrected chi connectivity index (χ1v) is 8.63. The maximum absolute atomic E-state index is 12.6. The van der Waals surface area contributed by atoms with E-state index in [-0.39, 0.29) is 12.3 Å². The molecule has 1 amide bonds. The molecule has 1 aromatic rings. The van der Waals surface area contributed by atoms with Crippen LogP contribution in [-0.4, -0.2) is 37.2 Å². The lowest BCUT2D eigenvalue weighted by Crippen LogP contribution is -2.41. The van der Waals surface area contributed by atoms with Gasteiger partial charge in [0, 0.05) is 0 Å². The van der Waals surface area contributed by atoms with Gasteiger partial charge in [0.25, 0.3) is 5.91 Å². The number of carbonyl (C=O) groups excluding carboxylic acids is 1. The number of carboxylic acids is 1. The van der Waals surface area contributed by atoms with Crippen LogP contribution in [0, 0.1) is 5.92 Å². The van der Waals surface area contributed by atoms with Gasteiger partial charge in [-0.25, -0.2) is 13.2 Å². The summed E-state index contributed by atoms with van der Waals surface area (Å²) in [4.78, 5) is 21.9. The van der Waals surface area contributed by atoms with Crippen molar-refractivity contribution in [2.75, 3.05) is 0 Å². The Morgan fingerprint density at radius 2 is 1.95 bits per heavy atom. The van der Waals surface area contributed by atoms with E-state index in [0.717, 1.165) is 6.07 Å². The molecule has 0 bridgehead atoms. The molecule has 0 spiro atoms. The van der Waals surface area contributed by atoms with Crippen LogP contribution in [0.1, 0.15) is 29.9 Å². The molecule has 1 aromatic heterocycles. The highest BCUT2D eigenvalue weighted by molar-refractivity contribution is 7.92. The first kappa shape index (κ1) is 18.5. The predicted octanol–water partition coefficient (Wildman–Crippen LogP) is 1.97. The molecule has 1 atom stereocenters. The molecule has 0 radical (unpaired) electrons. The molecule has 10 heteroatoms. The van der Waals surface area contributed by atoms with Crippen LogP contribution in [-0.2, 0) is 14.6 Å². The number of rotatable bonds is 7. The summed E-state index contributed by atoms with van der Waals surface area (Å²) >= 11 is 0.657. The first-order chi connectivity index (χ1) is 10.1. The lowest BCUT2D eigenvalue weighted by Gasteiger charge is -2.16. The Morgan fingerprint density at radius 3 is 2.41 bits per heavy atom. The second-order valence-electron chi connectivity index (χ2n) is 4.91. The number of sulfone groups is 1. The van der Waals surface area contributed by atoms with Crippen LogP contribution in [0.2, 0.25) is 0 Å². The van der Waals surface area contributed by atoms with Crippen molar-refractivity contribution in [3.63, 3.8) is 0 Å². The Bertz CT molecular complexity index is 654. The summed E-state index contributed by atoms with van der Waals surface area (Å²) in [5, 5.41) is 12.4. The Labute approximate surface area is 130 Å². The number of amides is 1. The molecule has 1 rings (SSSR count). The molecule has 0 fully saturated rings. The third kappa shape index (κ3) is 4.23.